The van der Waals surface area contributed by atoms with Crippen LogP contribution in [0.1, 0.15) is 250 Å². The largest absolute Gasteiger partial charge is 0.371 e. The first-order valence-electron chi connectivity index (χ1n) is 36.2. The first kappa shape index (κ1) is 73.6. The van der Waals surface area contributed by atoms with Crippen molar-refractivity contribution in [3.8, 4) is 0 Å². The van der Waals surface area contributed by atoms with Crippen LogP contribution < -0.4 is 42.5 Å². The molecular weight excluding hydrogens is 1120 g/mol. The van der Waals surface area contributed by atoms with Crippen molar-refractivity contribution < 1.29 is 0 Å². The summed E-state index contributed by atoms with van der Waals surface area (Å²) in [6.07, 6.45) is 16.6. The summed E-state index contributed by atoms with van der Waals surface area (Å²) in [6.45, 7) is 40.3. The molecule has 0 saturated carbocycles. The molecule has 6 aromatic rings. The number of piperidine rings is 4. The van der Waals surface area contributed by atoms with Crippen LogP contribution in [0.2, 0.25) is 0 Å². The minimum Gasteiger partial charge on any atom is -0.371 e. The molecule has 6 heterocycles. The van der Waals surface area contributed by atoms with Gasteiger partial charge in [0.2, 0.25) is 0 Å². The molecule has 4 fully saturated rings. The van der Waals surface area contributed by atoms with Crippen LogP contribution in [0.4, 0.5) is 11.4 Å². The van der Waals surface area contributed by atoms with E-state index in [0.29, 0.717) is 47.6 Å². The maximum atomic E-state index is 5.93. The monoisotopic (exact) mass is 1240 g/mol. The van der Waals surface area contributed by atoms with Gasteiger partial charge in [0.15, 0.2) is 0 Å². The summed E-state index contributed by atoms with van der Waals surface area (Å²) in [7, 11) is 0. The lowest BCUT2D eigenvalue weighted by Gasteiger charge is -2.32. The lowest BCUT2D eigenvalue weighted by atomic mass is 9.88. The standard InChI is InChI=1S/2C14H22N2.C14H21N.C14H19N.C14H21N.C14H19N/c1-11(2)12-3-5-14(6-4-12)16-9-7-13(15)8-10-16;1-11(2)12-4-3-5-14(10-12)16-8-6-13(15)7-9-16;2*1-11(2)12-3-5-13(6-4-12)14-7-9-15-10-8-14;2*1-11(2)13-4-3-5-14(10-13)12-6-8-15-9-7-12/h3-6,11,13H,7-10,15H2,1-2H3;3-5,10-11,13H,6-9,15H2,1-2H3;3-6,11,14-15H,7-10H2,1-2H3;3-7,11,15H,8-10H2,1-2H3;3-5,10-12,15H,6-9H2,1-2H3;3-6,10-11,15H,7-9H2,1-2H3. The quantitative estimate of drug-likeness (QED) is 0.0720. The molecule has 92 heavy (non-hydrogen) atoms. The van der Waals surface area contributed by atoms with Gasteiger partial charge in [0.25, 0.3) is 0 Å². The first-order valence-corrected chi connectivity index (χ1v) is 36.2. The van der Waals surface area contributed by atoms with E-state index in [1.807, 2.05) is 0 Å². The van der Waals surface area contributed by atoms with Gasteiger partial charge < -0.3 is 42.5 Å². The second-order valence-corrected chi connectivity index (χ2v) is 28.8. The van der Waals surface area contributed by atoms with Gasteiger partial charge in [-0.3, -0.25) is 0 Å². The van der Waals surface area contributed by atoms with E-state index in [1.54, 1.807) is 5.56 Å². The van der Waals surface area contributed by atoms with E-state index < -0.39 is 0 Å². The van der Waals surface area contributed by atoms with Crippen molar-refractivity contribution in [2.45, 2.75) is 207 Å². The van der Waals surface area contributed by atoms with Crippen molar-refractivity contribution in [1.29, 1.82) is 0 Å². The average Bonchev–Trinajstić information content (AvgIpc) is 3.78. The number of rotatable bonds is 12. The van der Waals surface area contributed by atoms with Crippen LogP contribution in [0.15, 0.2) is 158 Å². The molecule has 6 aliphatic heterocycles. The van der Waals surface area contributed by atoms with E-state index >= 15 is 0 Å². The van der Waals surface area contributed by atoms with Crippen molar-refractivity contribution in [2.24, 2.45) is 11.5 Å². The summed E-state index contributed by atoms with van der Waals surface area (Å²) < 4.78 is 0. The third-order valence-corrected chi connectivity index (χ3v) is 19.7. The molecule has 4 saturated heterocycles. The van der Waals surface area contributed by atoms with Crippen LogP contribution in [0, 0.1) is 0 Å². The van der Waals surface area contributed by atoms with E-state index in [0.717, 1.165) is 103 Å². The molecule has 0 aliphatic carbocycles. The Morgan fingerprint density at radius 2 is 0.707 bits per heavy atom. The zero-order chi connectivity index (χ0) is 65.8. The Hall–Kier alpha value is -5.84. The highest BCUT2D eigenvalue weighted by molar-refractivity contribution is 5.68. The second-order valence-electron chi connectivity index (χ2n) is 28.8. The Kier molecular flexibility index (Phi) is 31.3. The van der Waals surface area contributed by atoms with Crippen LogP contribution in [-0.2, 0) is 0 Å². The van der Waals surface area contributed by atoms with Gasteiger partial charge in [-0.05, 0) is 242 Å². The fraction of sp³-hybridized carbons (Fsp3) is 0.524. The van der Waals surface area contributed by atoms with E-state index in [4.69, 9.17) is 11.5 Å². The zero-order valence-electron chi connectivity index (χ0n) is 59.4. The smallest absolute Gasteiger partial charge is 0.0369 e. The highest BCUT2D eigenvalue weighted by Gasteiger charge is 2.20. The summed E-state index contributed by atoms with van der Waals surface area (Å²) in [5.41, 5.74) is 32.0. The van der Waals surface area contributed by atoms with Crippen molar-refractivity contribution in [3.05, 3.63) is 213 Å². The van der Waals surface area contributed by atoms with Crippen molar-refractivity contribution in [3.63, 3.8) is 0 Å². The molecule has 0 unspecified atom stereocenters. The van der Waals surface area contributed by atoms with Crippen LogP contribution in [-0.4, -0.2) is 90.6 Å². The van der Waals surface area contributed by atoms with Gasteiger partial charge in [0.05, 0.1) is 0 Å². The molecule has 8 heteroatoms. The molecule has 0 aromatic heterocycles. The lowest BCUT2D eigenvalue weighted by molar-refractivity contribution is 0.460. The third-order valence-electron chi connectivity index (χ3n) is 19.7. The van der Waals surface area contributed by atoms with Crippen molar-refractivity contribution >= 4 is 22.5 Å². The molecule has 0 radical (unpaired) electrons. The molecule has 0 amide bonds. The summed E-state index contributed by atoms with van der Waals surface area (Å²) >= 11 is 0. The van der Waals surface area contributed by atoms with Crippen LogP contribution in [0.5, 0.6) is 0 Å². The Balaban J connectivity index is 0.000000157. The molecule has 8 nitrogen and oxygen atoms in total. The average molecular weight is 1250 g/mol. The number of benzene rings is 6. The lowest BCUT2D eigenvalue weighted by Crippen LogP contribution is -2.39. The predicted molar refractivity (Wildman–Crippen MR) is 403 cm³/mol. The molecular formula is C84H124N8. The van der Waals surface area contributed by atoms with Gasteiger partial charge in [-0.1, -0.05) is 217 Å². The van der Waals surface area contributed by atoms with Gasteiger partial charge in [0, 0.05) is 62.7 Å². The fourth-order valence-electron chi connectivity index (χ4n) is 13.1. The number of nitrogens with one attached hydrogen (secondary N) is 4. The Labute approximate surface area is 560 Å². The first-order chi connectivity index (χ1) is 44.4. The highest BCUT2D eigenvalue weighted by Crippen LogP contribution is 2.31. The Morgan fingerprint density at radius 3 is 1.15 bits per heavy atom. The van der Waals surface area contributed by atoms with Gasteiger partial charge >= 0.3 is 0 Å². The maximum absolute atomic E-state index is 5.93. The van der Waals surface area contributed by atoms with Gasteiger partial charge in [-0.25, -0.2) is 0 Å². The van der Waals surface area contributed by atoms with E-state index in [1.165, 1.54) is 124 Å². The van der Waals surface area contributed by atoms with Gasteiger partial charge in [-0.2, -0.15) is 0 Å². The summed E-state index contributed by atoms with van der Waals surface area (Å²) in [5, 5.41) is 13.5. The van der Waals surface area contributed by atoms with Crippen molar-refractivity contribution in [1.82, 2.24) is 21.3 Å². The predicted octanol–water partition coefficient (Wildman–Crippen LogP) is 18.4. The molecule has 0 bridgehead atoms. The highest BCUT2D eigenvalue weighted by atomic mass is 15.1. The summed E-state index contributed by atoms with van der Waals surface area (Å²) in [4.78, 5) is 4.89. The topological polar surface area (TPSA) is 107 Å². The molecule has 0 spiro atoms. The van der Waals surface area contributed by atoms with E-state index in [9.17, 15) is 0 Å². The fourth-order valence-corrected chi connectivity index (χ4v) is 13.1. The zero-order valence-corrected chi connectivity index (χ0v) is 59.4. The van der Waals surface area contributed by atoms with Crippen molar-refractivity contribution in [2.75, 3.05) is 88.3 Å². The van der Waals surface area contributed by atoms with E-state index in [-0.39, 0.29) is 0 Å². The Bertz CT molecular complexity index is 3050. The minimum atomic E-state index is 0.407. The molecule has 8 N–H and O–H groups in total. The molecule has 6 aromatic carbocycles. The van der Waals surface area contributed by atoms with Crippen LogP contribution in [0.3, 0.4) is 0 Å². The number of nitrogens with two attached hydrogens (primary N) is 2. The SMILES string of the molecule is CC(C)c1ccc(C2=CCNCC2)cc1.CC(C)c1ccc(C2CCNCC2)cc1.CC(C)c1ccc(N2CCC(N)CC2)cc1.CC(C)c1cccc(C2=CCNCC2)c1.CC(C)c1cccc(C2CCNCC2)c1.CC(C)c1cccc(N2CCC(N)CC2)c1. The molecule has 6 aliphatic rings. The normalized spacial score (nSPS) is 17.7. The van der Waals surface area contributed by atoms with Gasteiger partial charge in [-0.15, -0.1) is 0 Å². The minimum absolute atomic E-state index is 0.407. The molecule has 0 atom stereocenters. The summed E-state index contributed by atoms with van der Waals surface area (Å²) in [5.74, 6) is 5.32. The summed E-state index contributed by atoms with van der Waals surface area (Å²) in [6, 6.07) is 55.1. The van der Waals surface area contributed by atoms with E-state index in [2.05, 4.69) is 272 Å². The number of hydrogen-bond donors (Lipinski definition) is 6. The number of anilines is 2. The van der Waals surface area contributed by atoms with Crippen LogP contribution in [0.25, 0.3) is 11.1 Å². The van der Waals surface area contributed by atoms with Crippen LogP contribution >= 0.6 is 0 Å². The molecule has 500 valence electrons. The maximum Gasteiger partial charge on any atom is 0.0369 e. The molecule has 12 rings (SSSR count). The number of nitrogens with zero attached hydrogens (tertiary/aromatic N) is 2. The van der Waals surface area contributed by atoms with Gasteiger partial charge in [0.1, 0.15) is 0 Å². The number of hydrogen-bond acceptors (Lipinski definition) is 8. The second kappa shape index (κ2) is 39.1. The third kappa shape index (κ3) is 24.5. The Morgan fingerprint density at radius 1 is 0.326 bits per heavy atom.